The molecule has 0 amide bonds. The van der Waals surface area contributed by atoms with Crippen molar-refractivity contribution < 1.29 is 14.2 Å². The number of halogens is 1. The van der Waals surface area contributed by atoms with Crippen LogP contribution < -0.4 is 14.8 Å². The van der Waals surface area contributed by atoms with Crippen molar-refractivity contribution in [2.75, 3.05) is 27.4 Å². The highest BCUT2D eigenvalue weighted by atomic mass is 35.5. The fraction of sp³-hybridized carbons (Fsp3) is 0.571. The summed E-state index contributed by atoms with van der Waals surface area (Å²) in [6.45, 7) is 2.44. The fourth-order valence-electron chi connectivity index (χ4n) is 2.24. The van der Waals surface area contributed by atoms with Gasteiger partial charge in [-0.05, 0) is 30.5 Å². The molecule has 4 nitrogen and oxygen atoms in total. The largest absolute Gasteiger partial charge is 0.493 e. The van der Waals surface area contributed by atoms with E-state index in [1.54, 1.807) is 14.2 Å². The Labute approximate surface area is 119 Å². The third-order valence-electron chi connectivity index (χ3n) is 3.31. The van der Waals surface area contributed by atoms with Gasteiger partial charge >= 0.3 is 0 Å². The van der Waals surface area contributed by atoms with E-state index in [4.69, 9.17) is 25.8 Å². The van der Waals surface area contributed by atoms with Gasteiger partial charge < -0.3 is 19.5 Å². The SMILES string of the molecule is COc1cc(CNC2CCOCC2)cc(Cl)c1OC. The topological polar surface area (TPSA) is 39.7 Å². The molecule has 0 aromatic heterocycles. The zero-order valence-corrected chi connectivity index (χ0v) is 12.1. The van der Waals surface area contributed by atoms with E-state index in [2.05, 4.69) is 5.32 Å². The molecule has 1 aliphatic heterocycles. The van der Waals surface area contributed by atoms with Crippen LogP contribution in [0.15, 0.2) is 12.1 Å². The molecule has 0 atom stereocenters. The van der Waals surface area contributed by atoms with Gasteiger partial charge in [-0.1, -0.05) is 11.6 Å². The van der Waals surface area contributed by atoms with E-state index in [1.165, 1.54) is 0 Å². The first-order valence-electron chi connectivity index (χ1n) is 6.46. The highest BCUT2D eigenvalue weighted by Crippen LogP contribution is 2.36. The van der Waals surface area contributed by atoms with Crippen LogP contribution in [-0.4, -0.2) is 33.5 Å². The lowest BCUT2D eigenvalue weighted by Crippen LogP contribution is -2.34. The van der Waals surface area contributed by atoms with Gasteiger partial charge in [-0.25, -0.2) is 0 Å². The highest BCUT2D eigenvalue weighted by molar-refractivity contribution is 6.32. The Kier molecular flexibility index (Phi) is 5.31. The minimum Gasteiger partial charge on any atom is -0.493 e. The van der Waals surface area contributed by atoms with Gasteiger partial charge in [0.2, 0.25) is 0 Å². The van der Waals surface area contributed by atoms with Gasteiger partial charge in [0, 0.05) is 25.8 Å². The molecule has 1 N–H and O–H groups in total. The lowest BCUT2D eigenvalue weighted by atomic mass is 10.1. The van der Waals surface area contributed by atoms with Crippen LogP contribution in [0, 0.1) is 0 Å². The fourth-order valence-corrected chi connectivity index (χ4v) is 2.55. The van der Waals surface area contributed by atoms with Gasteiger partial charge in [0.05, 0.1) is 19.2 Å². The van der Waals surface area contributed by atoms with Crippen LogP contribution in [0.3, 0.4) is 0 Å². The monoisotopic (exact) mass is 285 g/mol. The summed E-state index contributed by atoms with van der Waals surface area (Å²) in [5.41, 5.74) is 1.09. The number of nitrogens with one attached hydrogen (secondary N) is 1. The van der Waals surface area contributed by atoms with Gasteiger partial charge in [-0.2, -0.15) is 0 Å². The molecule has 0 saturated carbocycles. The summed E-state index contributed by atoms with van der Waals surface area (Å²) >= 11 is 6.18. The van der Waals surface area contributed by atoms with Crippen LogP contribution in [0.2, 0.25) is 5.02 Å². The molecule has 19 heavy (non-hydrogen) atoms. The Morgan fingerprint density at radius 2 is 2.00 bits per heavy atom. The molecule has 1 aromatic carbocycles. The van der Waals surface area contributed by atoms with Crippen molar-refractivity contribution in [3.05, 3.63) is 22.7 Å². The normalized spacial score (nSPS) is 16.4. The van der Waals surface area contributed by atoms with Crippen LogP contribution in [0.4, 0.5) is 0 Å². The number of rotatable bonds is 5. The molecule has 5 heteroatoms. The van der Waals surface area contributed by atoms with E-state index in [-0.39, 0.29) is 0 Å². The number of methoxy groups -OCH3 is 2. The molecule has 0 unspecified atom stereocenters. The summed E-state index contributed by atoms with van der Waals surface area (Å²) in [5, 5.41) is 4.09. The van der Waals surface area contributed by atoms with Crippen LogP contribution in [0.1, 0.15) is 18.4 Å². The maximum atomic E-state index is 6.18. The van der Waals surface area contributed by atoms with Crippen LogP contribution in [0.25, 0.3) is 0 Å². The summed E-state index contributed by atoms with van der Waals surface area (Å²) in [5.74, 6) is 1.25. The lowest BCUT2D eigenvalue weighted by molar-refractivity contribution is 0.0776. The molecular weight excluding hydrogens is 266 g/mol. The second-order valence-corrected chi connectivity index (χ2v) is 4.99. The van der Waals surface area contributed by atoms with Crippen molar-refractivity contribution >= 4 is 11.6 Å². The predicted molar refractivity (Wildman–Crippen MR) is 75.2 cm³/mol. The molecule has 1 aromatic rings. The van der Waals surface area contributed by atoms with Crippen molar-refractivity contribution in [3.8, 4) is 11.5 Å². The Bertz CT molecular complexity index is 419. The number of hydrogen-bond donors (Lipinski definition) is 1. The van der Waals surface area contributed by atoms with Gasteiger partial charge in [0.25, 0.3) is 0 Å². The first kappa shape index (κ1) is 14.4. The van der Waals surface area contributed by atoms with Gasteiger partial charge in [-0.3, -0.25) is 0 Å². The molecule has 1 aliphatic rings. The van der Waals surface area contributed by atoms with Crippen molar-refractivity contribution in [1.82, 2.24) is 5.32 Å². The van der Waals surface area contributed by atoms with Gasteiger partial charge in [0.15, 0.2) is 11.5 Å². The minimum atomic E-state index is 0.514. The smallest absolute Gasteiger partial charge is 0.179 e. The van der Waals surface area contributed by atoms with Crippen LogP contribution >= 0.6 is 11.6 Å². The van der Waals surface area contributed by atoms with Gasteiger partial charge in [0.1, 0.15) is 0 Å². The highest BCUT2D eigenvalue weighted by Gasteiger charge is 2.14. The third kappa shape index (κ3) is 3.75. The maximum absolute atomic E-state index is 6.18. The molecule has 0 aliphatic carbocycles. The van der Waals surface area contributed by atoms with E-state index in [1.807, 2.05) is 12.1 Å². The van der Waals surface area contributed by atoms with Crippen LogP contribution in [-0.2, 0) is 11.3 Å². The summed E-state index contributed by atoms with van der Waals surface area (Å²) in [6, 6.07) is 4.38. The van der Waals surface area contributed by atoms with Crippen LogP contribution in [0.5, 0.6) is 11.5 Å². The number of ether oxygens (including phenoxy) is 3. The van der Waals surface area contributed by atoms with Crippen molar-refractivity contribution in [2.24, 2.45) is 0 Å². The third-order valence-corrected chi connectivity index (χ3v) is 3.59. The summed E-state index contributed by atoms with van der Waals surface area (Å²) in [6.07, 6.45) is 2.11. The molecular formula is C14H20ClNO3. The van der Waals surface area contributed by atoms with Crippen molar-refractivity contribution in [1.29, 1.82) is 0 Å². The quantitative estimate of drug-likeness (QED) is 0.903. The molecule has 2 rings (SSSR count). The Hall–Kier alpha value is -0.970. The Morgan fingerprint density at radius 1 is 1.26 bits per heavy atom. The molecule has 106 valence electrons. The van der Waals surface area contributed by atoms with E-state index in [9.17, 15) is 0 Å². The average Bonchev–Trinajstić information content (AvgIpc) is 2.45. The predicted octanol–water partition coefficient (Wildman–Crippen LogP) is 2.63. The summed E-state index contributed by atoms with van der Waals surface area (Å²) in [4.78, 5) is 0. The van der Waals surface area contributed by atoms with E-state index in [0.717, 1.165) is 38.2 Å². The maximum Gasteiger partial charge on any atom is 0.179 e. The molecule has 1 heterocycles. The van der Waals surface area contributed by atoms with E-state index in [0.29, 0.717) is 22.6 Å². The van der Waals surface area contributed by atoms with Gasteiger partial charge in [-0.15, -0.1) is 0 Å². The summed E-state index contributed by atoms with van der Waals surface area (Å²) < 4.78 is 15.9. The van der Waals surface area contributed by atoms with E-state index < -0.39 is 0 Å². The summed E-state index contributed by atoms with van der Waals surface area (Å²) in [7, 11) is 3.20. The molecule has 0 radical (unpaired) electrons. The molecule has 0 spiro atoms. The Balaban J connectivity index is 2.01. The van der Waals surface area contributed by atoms with Crippen molar-refractivity contribution in [2.45, 2.75) is 25.4 Å². The molecule has 1 saturated heterocycles. The standard InChI is InChI=1S/C14H20ClNO3/c1-17-13-8-10(7-12(15)14(13)18-2)9-16-11-3-5-19-6-4-11/h7-8,11,16H,3-6,9H2,1-2H3. The second-order valence-electron chi connectivity index (χ2n) is 4.58. The lowest BCUT2D eigenvalue weighted by Gasteiger charge is -2.23. The number of hydrogen-bond acceptors (Lipinski definition) is 4. The van der Waals surface area contributed by atoms with Crippen molar-refractivity contribution in [3.63, 3.8) is 0 Å². The average molecular weight is 286 g/mol. The first-order valence-corrected chi connectivity index (χ1v) is 6.84. The number of benzene rings is 1. The Morgan fingerprint density at radius 3 is 2.63 bits per heavy atom. The zero-order valence-electron chi connectivity index (χ0n) is 11.4. The minimum absolute atomic E-state index is 0.514. The zero-order chi connectivity index (χ0) is 13.7. The molecule has 0 bridgehead atoms. The molecule has 1 fully saturated rings. The second kappa shape index (κ2) is 6.98. The first-order chi connectivity index (χ1) is 9.24. The van der Waals surface area contributed by atoms with E-state index >= 15 is 0 Å².